The van der Waals surface area contributed by atoms with Crippen molar-refractivity contribution in [3.63, 3.8) is 0 Å². The summed E-state index contributed by atoms with van der Waals surface area (Å²) in [6, 6.07) is 10.2. The highest BCUT2D eigenvalue weighted by molar-refractivity contribution is 7.84. The molecule has 6 heteroatoms. The Balaban J connectivity index is 1.54. The van der Waals surface area contributed by atoms with E-state index < -0.39 is 10.8 Å². The number of hydrogen-bond acceptors (Lipinski definition) is 4. The molecular weight excluding hydrogens is 328 g/mol. The standard InChI is InChI=1S/C17H20N2O2S2/c20-17(19-8-6-18-7-9-19)13-23(21)12-14-1-3-15(4-2-14)16-5-10-22-11-16/h1-5,10-11,18H,6-9,12-13H2. The molecule has 1 saturated heterocycles. The molecule has 122 valence electrons. The smallest absolute Gasteiger partial charge is 0.235 e. The van der Waals surface area contributed by atoms with Gasteiger partial charge in [-0.1, -0.05) is 24.3 Å². The van der Waals surface area contributed by atoms with Gasteiger partial charge in [-0.25, -0.2) is 0 Å². The van der Waals surface area contributed by atoms with E-state index in [9.17, 15) is 9.00 Å². The van der Waals surface area contributed by atoms with Crippen LogP contribution in [-0.4, -0.2) is 46.9 Å². The molecule has 4 nitrogen and oxygen atoms in total. The van der Waals surface area contributed by atoms with Gasteiger partial charge in [-0.2, -0.15) is 11.3 Å². The first-order chi connectivity index (χ1) is 11.2. The second-order valence-corrected chi connectivity index (χ2v) is 7.81. The average molecular weight is 348 g/mol. The summed E-state index contributed by atoms with van der Waals surface area (Å²) in [4.78, 5) is 13.9. The van der Waals surface area contributed by atoms with Crippen LogP contribution in [0.4, 0.5) is 0 Å². The molecule has 1 unspecified atom stereocenters. The maximum Gasteiger partial charge on any atom is 0.235 e. The summed E-state index contributed by atoms with van der Waals surface area (Å²) < 4.78 is 12.2. The lowest BCUT2D eigenvalue weighted by Crippen LogP contribution is -2.47. The molecule has 1 amide bonds. The Hall–Kier alpha value is -1.50. The number of hydrogen-bond donors (Lipinski definition) is 1. The minimum absolute atomic E-state index is 0.000253. The van der Waals surface area contributed by atoms with E-state index in [-0.39, 0.29) is 11.7 Å². The Labute approximate surface area is 143 Å². The fourth-order valence-corrected chi connectivity index (χ4v) is 4.39. The number of thiophene rings is 1. The summed E-state index contributed by atoms with van der Waals surface area (Å²) in [5.74, 6) is 0.549. The van der Waals surface area contributed by atoms with Gasteiger partial charge in [0.05, 0.1) is 0 Å². The van der Waals surface area contributed by atoms with Crippen LogP contribution in [-0.2, 0) is 21.3 Å². The first-order valence-corrected chi connectivity index (χ1v) is 10.1. The zero-order chi connectivity index (χ0) is 16.1. The molecule has 0 spiro atoms. The molecule has 1 N–H and O–H groups in total. The van der Waals surface area contributed by atoms with Crippen LogP contribution in [0.5, 0.6) is 0 Å². The van der Waals surface area contributed by atoms with Crippen LogP contribution in [0.1, 0.15) is 5.56 Å². The molecular formula is C17H20N2O2S2. The van der Waals surface area contributed by atoms with Crippen molar-refractivity contribution in [2.45, 2.75) is 5.75 Å². The molecule has 0 saturated carbocycles. The second kappa shape index (κ2) is 7.86. The molecule has 1 aromatic carbocycles. The Morgan fingerprint density at radius 2 is 1.87 bits per heavy atom. The topological polar surface area (TPSA) is 49.4 Å². The lowest BCUT2D eigenvalue weighted by atomic mass is 10.1. The number of carbonyl (C=O) groups is 1. The fraction of sp³-hybridized carbons (Fsp3) is 0.353. The van der Waals surface area contributed by atoms with Crippen molar-refractivity contribution in [3.05, 3.63) is 46.7 Å². The number of nitrogens with zero attached hydrogens (tertiary/aromatic N) is 1. The van der Waals surface area contributed by atoms with E-state index in [0.717, 1.165) is 24.2 Å². The first kappa shape index (κ1) is 16.4. The molecule has 0 bridgehead atoms. The highest BCUT2D eigenvalue weighted by Gasteiger charge is 2.18. The van der Waals surface area contributed by atoms with Crippen LogP contribution in [0.3, 0.4) is 0 Å². The number of piperazine rings is 1. The lowest BCUT2D eigenvalue weighted by molar-refractivity contribution is -0.128. The predicted molar refractivity (Wildman–Crippen MR) is 95.9 cm³/mol. The summed E-state index contributed by atoms with van der Waals surface area (Å²) in [6.45, 7) is 3.07. The minimum atomic E-state index is -1.16. The maximum atomic E-state index is 12.2. The Kier molecular flexibility index (Phi) is 5.59. The van der Waals surface area contributed by atoms with Crippen molar-refractivity contribution in [3.8, 4) is 11.1 Å². The van der Waals surface area contributed by atoms with E-state index in [1.165, 1.54) is 5.56 Å². The third kappa shape index (κ3) is 4.50. The molecule has 1 aliphatic heterocycles. The maximum absolute atomic E-state index is 12.2. The average Bonchev–Trinajstić information content (AvgIpc) is 3.11. The number of nitrogens with one attached hydrogen (secondary N) is 1. The van der Waals surface area contributed by atoms with E-state index in [0.29, 0.717) is 18.8 Å². The van der Waals surface area contributed by atoms with Crippen molar-refractivity contribution in [1.29, 1.82) is 0 Å². The molecule has 0 radical (unpaired) electrons. The van der Waals surface area contributed by atoms with E-state index >= 15 is 0 Å². The van der Waals surface area contributed by atoms with Crippen LogP contribution in [0.15, 0.2) is 41.1 Å². The first-order valence-electron chi connectivity index (χ1n) is 7.67. The van der Waals surface area contributed by atoms with Gasteiger partial charge < -0.3 is 10.2 Å². The van der Waals surface area contributed by atoms with Gasteiger partial charge in [0.25, 0.3) is 0 Å². The number of amides is 1. The highest BCUT2D eigenvalue weighted by atomic mass is 32.2. The third-order valence-corrected chi connectivity index (χ3v) is 5.80. The Morgan fingerprint density at radius 1 is 1.13 bits per heavy atom. The SMILES string of the molecule is O=C(CS(=O)Cc1ccc(-c2ccsc2)cc1)N1CCNCC1. The number of benzene rings is 1. The predicted octanol–water partition coefficient (Wildman–Crippen LogP) is 2.10. The molecule has 3 rings (SSSR count). The number of carbonyl (C=O) groups excluding carboxylic acids is 1. The van der Waals surface area contributed by atoms with E-state index in [4.69, 9.17) is 0 Å². The molecule has 1 fully saturated rings. The molecule has 2 aromatic rings. The minimum Gasteiger partial charge on any atom is -0.339 e. The molecule has 23 heavy (non-hydrogen) atoms. The number of rotatable bonds is 5. The van der Waals surface area contributed by atoms with Crippen LogP contribution in [0, 0.1) is 0 Å². The van der Waals surface area contributed by atoms with Crippen LogP contribution >= 0.6 is 11.3 Å². The zero-order valence-corrected chi connectivity index (χ0v) is 14.5. The third-order valence-electron chi connectivity index (χ3n) is 3.89. The molecule has 1 aliphatic rings. The van der Waals surface area contributed by atoms with Crippen LogP contribution in [0.2, 0.25) is 0 Å². The van der Waals surface area contributed by atoms with Gasteiger partial charge >= 0.3 is 0 Å². The van der Waals surface area contributed by atoms with Gasteiger partial charge in [0.1, 0.15) is 5.75 Å². The van der Waals surface area contributed by atoms with Gasteiger partial charge in [-0.3, -0.25) is 9.00 Å². The summed E-state index contributed by atoms with van der Waals surface area (Å²) in [5, 5.41) is 7.38. The van der Waals surface area contributed by atoms with Crippen molar-refractivity contribution >= 4 is 28.0 Å². The van der Waals surface area contributed by atoms with E-state index in [2.05, 4.69) is 22.1 Å². The normalized spacial score (nSPS) is 16.3. The summed E-state index contributed by atoms with van der Waals surface area (Å²) in [5.41, 5.74) is 3.38. The van der Waals surface area contributed by atoms with Crippen LogP contribution in [0.25, 0.3) is 11.1 Å². The zero-order valence-electron chi connectivity index (χ0n) is 12.9. The van der Waals surface area contributed by atoms with E-state index in [1.54, 1.807) is 16.2 Å². The summed E-state index contributed by atoms with van der Waals surface area (Å²) >= 11 is 1.67. The highest BCUT2D eigenvalue weighted by Crippen LogP contribution is 2.22. The van der Waals surface area contributed by atoms with Crippen molar-refractivity contribution in [1.82, 2.24) is 10.2 Å². The van der Waals surface area contributed by atoms with Gasteiger partial charge in [0, 0.05) is 42.7 Å². The van der Waals surface area contributed by atoms with Gasteiger partial charge in [-0.15, -0.1) is 0 Å². The Morgan fingerprint density at radius 3 is 2.52 bits per heavy atom. The van der Waals surface area contributed by atoms with Crippen molar-refractivity contribution < 1.29 is 9.00 Å². The summed E-state index contributed by atoms with van der Waals surface area (Å²) in [6.07, 6.45) is 0. The molecule has 2 heterocycles. The monoisotopic (exact) mass is 348 g/mol. The molecule has 0 aliphatic carbocycles. The second-order valence-electron chi connectivity index (χ2n) is 5.57. The molecule has 1 atom stereocenters. The lowest BCUT2D eigenvalue weighted by Gasteiger charge is -2.27. The van der Waals surface area contributed by atoms with E-state index in [1.807, 2.05) is 24.3 Å². The van der Waals surface area contributed by atoms with Gasteiger partial charge in [-0.05, 0) is 33.5 Å². The van der Waals surface area contributed by atoms with Gasteiger partial charge in [0.15, 0.2) is 0 Å². The van der Waals surface area contributed by atoms with Crippen molar-refractivity contribution in [2.24, 2.45) is 0 Å². The van der Waals surface area contributed by atoms with Crippen LogP contribution < -0.4 is 5.32 Å². The molecule has 1 aromatic heterocycles. The quantitative estimate of drug-likeness (QED) is 0.900. The largest absolute Gasteiger partial charge is 0.339 e. The van der Waals surface area contributed by atoms with Crippen molar-refractivity contribution in [2.75, 3.05) is 31.9 Å². The summed E-state index contributed by atoms with van der Waals surface area (Å²) in [7, 11) is -1.16. The Bertz CT molecular complexity index is 662. The fourth-order valence-electron chi connectivity index (χ4n) is 2.60. The van der Waals surface area contributed by atoms with Gasteiger partial charge in [0.2, 0.25) is 5.91 Å².